The van der Waals surface area contributed by atoms with Crippen molar-refractivity contribution >= 4 is 5.84 Å². The molecule has 3 heteroatoms. The highest BCUT2D eigenvalue weighted by Crippen LogP contribution is 2.05. The molecule has 1 rings (SSSR count). The second kappa shape index (κ2) is 1.32. The van der Waals surface area contributed by atoms with Crippen molar-refractivity contribution in [3.8, 4) is 0 Å². The third kappa shape index (κ3) is 0.869. The lowest BCUT2D eigenvalue weighted by atomic mass is 10.6. The van der Waals surface area contributed by atoms with Crippen LogP contribution in [0.15, 0.2) is 17.4 Å². The van der Waals surface area contributed by atoms with Gasteiger partial charge in [0.15, 0.2) is 5.84 Å². The number of hydrogen-bond donors (Lipinski definition) is 1. The zero-order valence-corrected chi connectivity index (χ0v) is 5.13. The van der Waals surface area contributed by atoms with E-state index in [1.54, 1.807) is 6.08 Å². The predicted molar refractivity (Wildman–Crippen MR) is 32.9 cm³/mol. The van der Waals surface area contributed by atoms with Gasteiger partial charge in [-0.3, -0.25) is 0 Å². The van der Waals surface area contributed by atoms with Crippen LogP contribution in [0.1, 0.15) is 0 Å². The van der Waals surface area contributed by atoms with Crippen LogP contribution in [0, 0.1) is 0 Å². The maximum absolute atomic E-state index is 5.36. The molecule has 1 aliphatic heterocycles. The summed E-state index contributed by atoms with van der Waals surface area (Å²) in [4.78, 5) is 0. The Bertz CT molecular complexity index is 155. The topological polar surface area (TPSA) is 38.4 Å². The summed E-state index contributed by atoms with van der Waals surface area (Å²) >= 11 is 0. The van der Waals surface area contributed by atoms with Gasteiger partial charge in [0.1, 0.15) is 6.20 Å². The monoisotopic (exact) mass is 112 g/mol. The Morgan fingerprint density at radius 1 is 1.62 bits per heavy atom. The molecule has 0 aromatic carbocycles. The fourth-order valence-electron chi connectivity index (χ4n) is 0.623. The van der Waals surface area contributed by atoms with Crippen molar-refractivity contribution < 1.29 is 4.59 Å². The first-order chi connectivity index (χ1) is 3.60. The predicted octanol–water partition coefficient (Wildman–Crippen LogP) is -0.138. The maximum Gasteiger partial charge on any atom is 0.185 e. The van der Waals surface area contributed by atoms with E-state index in [1.807, 2.05) is 20.3 Å². The summed E-state index contributed by atoms with van der Waals surface area (Å²) in [6, 6.07) is 0. The van der Waals surface area contributed by atoms with Crippen LogP contribution >= 0.6 is 0 Å². The van der Waals surface area contributed by atoms with E-state index >= 15 is 0 Å². The first-order valence-electron chi connectivity index (χ1n) is 2.49. The number of rotatable bonds is 0. The van der Waals surface area contributed by atoms with Gasteiger partial charge in [-0.15, -0.1) is 0 Å². The van der Waals surface area contributed by atoms with Crippen LogP contribution in [-0.2, 0) is 0 Å². The molecule has 0 aromatic heterocycles. The summed E-state index contributed by atoms with van der Waals surface area (Å²) in [5, 5.41) is 4.04. The van der Waals surface area contributed by atoms with Crippen molar-refractivity contribution in [2.75, 3.05) is 14.1 Å². The van der Waals surface area contributed by atoms with Gasteiger partial charge in [-0.1, -0.05) is 5.10 Å². The number of nitrogens with zero attached hydrogens (tertiary/aromatic N) is 2. The zero-order valence-electron chi connectivity index (χ0n) is 5.13. The summed E-state index contributed by atoms with van der Waals surface area (Å²) in [5.74, 6) is 0.606. The highest BCUT2D eigenvalue weighted by Gasteiger charge is 2.15. The quantitative estimate of drug-likeness (QED) is 0.435. The van der Waals surface area contributed by atoms with E-state index in [0.717, 1.165) is 0 Å². The second-order valence-corrected chi connectivity index (χ2v) is 2.32. The SMILES string of the molecule is C[N+]1(C)C=CC(N)=N1. The zero-order chi connectivity index (χ0) is 6.20. The molecule has 0 unspecified atom stereocenters. The molecule has 0 saturated carbocycles. The highest BCUT2D eigenvalue weighted by molar-refractivity contribution is 5.91. The van der Waals surface area contributed by atoms with Crippen LogP contribution in [0.2, 0.25) is 0 Å². The molecular weight excluding hydrogens is 102 g/mol. The van der Waals surface area contributed by atoms with E-state index in [9.17, 15) is 0 Å². The van der Waals surface area contributed by atoms with Crippen LogP contribution in [0.25, 0.3) is 0 Å². The molecule has 0 amide bonds. The third-order valence-corrected chi connectivity index (χ3v) is 0.983. The van der Waals surface area contributed by atoms with Crippen LogP contribution < -0.4 is 5.73 Å². The summed E-state index contributed by atoms with van der Waals surface area (Å²) in [5.41, 5.74) is 5.36. The Morgan fingerprint density at radius 2 is 2.25 bits per heavy atom. The van der Waals surface area contributed by atoms with Gasteiger partial charge in [-0.2, -0.15) is 4.59 Å². The Kier molecular flexibility index (Phi) is 0.877. The maximum atomic E-state index is 5.36. The summed E-state index contributed by atoms with van der Waals surface area (Å²) in [7, 11) is 3.91. The Labute approximate surface area is 48.7 Å². The van der Waals surface area contributed by atoms with Gasteiger partial charge in [0.2, 0.25) is 0 Å². The van der Waals surface area contributed by atoms with Gasteiger partial charge in [0, 0.05) is 6.08 Å². The largest absolute Gasteiger partial charge is 0.379 e. The van der Waals surface area contributed by atoms with Gasteiger partial charge in [-0.05, 0) is 0 Å². The average Bonchev–Trinajstić information content (AvgIpc) is 1.82. The van der Waals surface area contributed by atoms with Crippen LogP contribution in [0.4, 0.5) is 0 Å². The summed E-state index contributed by atoms with van der Waals surface area (Å²) < 4.78 is 0.520. The minimum Gasteiger partial charge on any atom is -0.379 e. The van der Waals surface area contributed by atoms with Gasteiger partial charge >= 0.3 is 0 Å². The molecule has 1 heterocycles. The molecule has 0 spiro atoms. The fourth-order valence-corrected chi connectivity index (χ4v) is 0.623. The van der Waals surface area contributed by atoms with Gasteiger partial charge in [-0.25, -0.2) is 0 Å². The van der Waals surface area contributed by atoms with Crippen molar-refractivity contribution in [1.82, 2.24) is 0 Å². The van der Waals surface area contributed by atoms with Crippen molar-refractivity contribution in [3.63, 3.8) is 0 Å². The summed E-state index contributed by atoms with van der Waals surface area (Å²) in [6.45, 7) is 0. The molecule has 0 atom stereocenters. The lowest BCUT2D eigenvalue weighted by Crippen LogP contribution is -2.24. The van der Waals surface area contributed by atoms with E-state index in [-0.39, 0.29) is 0 Å². The molecule has 0 saturated heterocycles. The lowest BCUT2D eigenvalue weighted by molar-refractivity contribution is -0.843. The smallest absolute Gasteiger partial charge is 0.185 e. The molecule has 2 N–H and O–H groups in total. The normalized spacial score (nSPS) is 23.5. The molecule has 0 fully saturated rings. The van der Waals surface area contributed by atoms with E-state index in [0.29, 0.717) is 10.4 Å². The molecule has 44 valence electrons. The van der Waals surface area contributed by atoms with E-state index in [2.05, 4.69) is 5.10 Å². The van der Waals surface area contributed by atoms with Crippen molar-refractivity contribution in [1.29, 1.82) is 0 Å². The van der Waals surface area contributed by atoms with Crippen LogP contribution in [-0.4, -0.2) is 24.5 Å². The fraction of sp³-hybridized carbons (Fsp3) is 0.400. The molecule has 0 aliphatic carbocycles. The number of nitrogens with two attached hydrogens (primary N) is 1. The lowest BCUT2D eigenvalue weighted by Gasteiger charge is -2.10. The van der Waals surface area contributed by atoms with Crippen LogP contribution in [0.3, 0.4) is 0 Å². The minimum absolute atomic E-state index is 0.520. The van der Waals surface area contributed by atoms with Gasteiger partial charge < -0.3 is 5.73 Å². The van der Waals surface area contributed by atoms with E-state index in [1.165, 1.54) is 0 Å². The Hall–Kier alpha value is -0.830. The first-order valence-corrected chi connectivity index (χ1v) is 2.49. The molecule has 1 aliphatic rings. The van der Waals surface area contributed by atoms with Gasteiger partial charge in [0.25, 0.3) is 0 Å². The average molecular weight is 112 g/mol. The van der Waals surface area contributed by atoms with Crippen molar-refractivity contribution in [2.24, 2.45) is 10.8 Å². The minimum atomic E-state index is 0.520. The molecule has 8 heavy (non-hydrogen) atoms. The molecule has 0 radical (unpaired) electrons. The van der Waals surface area contributed by atoms with Crippen molar-refractivity contribution in [2.45, 2.75) is 0 Å². The first kappa shape index (κ1) is 5.31. The Balaban J connectivity index is 2.84. The van der Waals surface area contributed by atoms with E-state index in [4.69, 9.17) is 5.73 Å². The molecular formula is C5H10N3+. The highest BCUT2D eigenvalue weighted by atomic mass is 15.6. The third-order valence-electron chi connectivity index (χ3n) is 0.983. The molecule has 3 nitrogen and oxygen atoms in total. The number of hydrogen-bond acceptors (Lipinski definition) is 2. The van der Waals surface area contributed by atoms with E-state index < -0.39 is 0 Å². The number of amidine groups is 1. The second-order valence-electron chi connectivity index (χ2n) is 2.32. The van der Waals surface area contributed by atoms with Gasteiger partial charge in [0.05, 0.1) is 14.1 Å². The van der Waals surface area contributed by atoms with Crippen LogP contribution in [0.5, 0.6) is 0 Å². The summed E-state index contributed by atoms with van der Waals surface area (Å²) in [6.07, 6.45) is 3.73. The Morgan fingerprint density at radius 3 is 2.38 bits per heavy atom. The van der Waals surface area contributed by atoms with Crippen molar-refractivity contribution in [3.05, 3.63) is 12.3 Å². The molecule has 0 bridgehead atoms. The number of quaternary nitrogens is 1. The molecule has 0 aromatic rings. The standard InChI is InChI=1S/C5H10N3/c1-8(2)4-3-5(6)7-8/h3-4H,1-2H3,(H2,6,7)/q+1.